The number of halogens is 1. The monoisotopic (exact) mass is 408 g/mol. The summed E-state index contributed by atoms with van der Waals surface area (Å²) in [6, 6.07) is 3.84. The van der Waals surface area contributed by atoms with Crippen LogP contribution in [0.1, 0.15) is 44.6 Å². The Morgan fingerprint density at radius 1 is 1.32 bits per heavy atom. The number of nitrogens with zero attached hydrogens (tertiary/aromatic N) is 3. The fraction of sp³-hybridized carbons (Fsp3) is 0.714. The van der Waals surface area contributed by atoms with Crippen LogP contribution in [0.2, 0.25) is 5.15 Å². The van der Waals surface area contributed by atoms with Crippen molar-refractivity contribution in [1.29, 1.82) is 0 Å². The number of ether oxygens (including phenoxy) is 2. The molecular formula is C21H33ClN4O2. The van der Waals surface area contributed by atoms with Gasteiger partial charge in [0.25, 0.3) is 0 Å². The van der Waals surface area contributed by atoms with Crippen molar-refractivity contribution in [2.75, 3.05) is 39.4 Å². The first-order valence-electron chi connectivity index (χ1n) is 10.6. The lowest BCUT2D eigenvalue weighted by Crippen LogP contribution is -2.47. The Morgan fingerprint density at radius 2 is 2.18 bits per heavy atom. The second-order valence-corrected chi connectivity index (χ2v) is 7.87. The fourth-order valence-corrected chi connectivity index (χ4v) is 3.80. The Bertz CT molecular complexity index is 597. The topological polar surface area (TPSA) is 59.0 Å². The van der Waals surface area contributed by atoms with E-state index in [-0.39, 0.29) is 0 Å². The van der Waals surface area contributed by atoms with Crippen LogP contribution in [0.4, 0.5) is 0 Å². The summed E-state index contributed by atoms with van der Waals surface area (Å²) in [5.41, 5.74) is 1.15. The molecule has 0 radical (unpaired) electrons. The molecule has 2 aliphatic heterocycles. The molecule has 1 unspecified atom stereocenters. The van der Waals surface area contributed by atoms with Gasteiger partial charge in [-0.3, -0.25) is 4.99 Å². The number of likely N-dealkylation sites (tertiary alicyclic amines) is 1. The lowest BCUT2D eigenvalue weighted by Gasteiger charge is -2.35. The van der Waals surface area contributed by atoms with E-state index in [0.717, 1.165) is 76.6 Å². The van der Waals surface area contributed by atoms with Gasteiger partial charge in [-0.05, 0) is 57.1 Å². The van der Waals surface area contributed by atoms with Crippen LogP contribution in [0.3, 0.4) is 0 Å². The summed E-state index contributed by atoms with van der Waals surface area (Å²) >= 11 is 5.84. The maximum atomic E-state index is 6.13. The zero-order chi connectivity index (χ0) is 19.6. The summed E-state index contributed by atoms with van der Waals surface area (Å²) in [6.07, 6.45) is 8.99. The van der Waals surface area contributed by atoms with E-state index in [2.05, 4.69) is 22.1 Å². The number of guanidine groups is 1. The molecule has 1 N–H and O–H groups in total. The van der Waals surface area contributed by atoms with Crippen molar-refractivity contribution in [3.63, 3.8) is 0 Å². The maximum absolute atomic E-state index is 6.13. The molecule has 0 amide bonds. The van der Waals surface area contributed by atoms with Gasteiger partial charge in [0.1, 0.15) is 5.15 Å². The minimum atomic E-state index is 0.299. The van der Waals surface area contributed by atoms with E-state index in [0.29, 0.717) is 17.4 Å². The molecule has 0 bridgehead atoms. The highest BCUT2D eigenvalue weighted by atomic mass is 35.5. The second kappa shape index (κ2) is 11.6. The van der Waals surface area contributed by atoms with Gasteiger partial charge >= 0.3 is 0 Å². The third-order valence-electron chi connectivity index (χ3n) is 5.32. The Balaban J connectivity index is 1.42. The van der Waals surface area contributed by atoms with Gasteiger partial charge in [-0.25, -0.2) is 4.98 Å². The van der Waals surface area contributed by atoms with Gasteiger partial charge in [-0.2, -0.15) is 0 Å². The molecule has 1 atom stereocenters. The van der Waals surface area contributed by atoms with Crippen molar-refractivity contribution in [2.24, 2.45) is 4.99 Å². The molecule has 0 saturated carbocycles. The first kappa shape index (κ1) is 21.3. The normalized spacial score (nSPS) is 21.7. The van der Waals surface area contributed by atoms with E-state index in [9.17, 15) is 0 Å². The molecule has 3 rings (SSSR count). The zero-order valence-corrected chi connectivity index (χ0v) is 17.7. The van der Waals surface area contributed by atoms with E-state index in [4.69, 9.17) is 26.1 Å². The molecule has 0 spiro atoms. The summed E-state index contributed by atoms with van der Waals surface area (Å²) < 4.78 is 11.9. The van der Waals surface area contributed by atoms with E-state index in [1.54, 1.807) is 0 Å². The first-order valence-corrected chi connectivity index (χ1v) is 11.0. The molecule has 2 fully saturated rings. The summed E-state index contributed by atoms with van der Waals surface area (Å²) in [5, 5.41) is 3.95. The lowest BCUT2D eigenvalue weighted by atomic mass is 10.1. The van der Waals surface area contributed by atoms with Crippen molar-refractivity contribution in [2.45, 2.75) is 57.7 Å². The largest absolute Gasteiger partial charge is 0.376 e. The summed E-state index contributed by atoms with van der Waals surface area (Å²) in [4.78, 5) is 11.3. The molecule has 2 aliphatic rings. The van der Waals surface area contributed by atoms with E-state index in [1.807, 2.05) is 18.3 Å². The average Bonchev–Trinajstić information content (AvgIpc) is 2.74. The van der Waals surface area contributed by atoms with Crippen molar-refractivity contribution in [1.82, 2.24) is 15.2 Å². The fourth-order valence-electron chi connectivity index (χ4n) is 3.69. The highest BCUT2D eigenvalue weighted by Gasteiger charge is 2.23. The van der Waals surface area contributed by atoms with E-state index >= 15 is 0 Å². The summed E-state index contributed by atoms with van der Waals surface area (Å²) in [5.74, 6) is 0.999. The van der Waals surface area contributed by atoms with Crippen LogP contribution in [0.25, 0.3) is 0 Å². The van der Waals surface area contributed by atoms with Crippen LogP contribution in [-0.4, -0.2) is 67.4 Å². The van der Waals surface area contributed by atoms with Crippen molar-refractivity contribution in [3.8, 4) is 0 Å². The number of aliphatic imine (C=N–C) groups is 1. The number of piperidine rings is 1. The van der Waals surface area contributed by atoms with Gasteiger partial charge in [0, 0.05) is 39.0 Å². The molecule has 7 heteroatoms. The molecule has 0 aromatic carbocycles. The molecule has 3 heterocycles. The Morgan fingerprint density at radius 3 is 2.86 bits per heavy atom. The molecule has 6 nitrogen and oxygen atoms in total. The Hall–Kier alpha value is -1.37. The SMILES string of the molecule is CCNC(=NCCc1ccc(Cl)nc1)N1CCC(OCC2CCCCO2)CC1. The number of nitrogens with one attached hydrogen (secondary N) is 1. The third-order valence-corrected chi connectivity index (χ3v) is 5.54. The number of pyridine rings is 1. The predicted octanol–water partition coefficient (Wildman–Crippen LogP) is 3.29. The quantitative estimate of drug-likeness (QED) is 0.426. The standard InChI is InChI=1S/C21H33ClN4O2/c1-2-23-21(24-11-8-17-6-7-20(22)25-15-17)26-12-9-18(10-13-26)28-16-19-5-3-4-14-27-19/h6-7,15,18-19H,2-5,8-14,16H2,1H3,(H,23,24). The van der Waals surface area contributed by atoms with Gasteiger partial charge in [-0.1, -0.05) is 17.7 Å². The van der Waals surface area contributed by atoms with Gasteiger partial charge in [0.05, 0.1) is 18.8 Å². The number of hydrogen-bond donors (Lipinski definition) is 1. The van der Waals surface area contributed by atoms with Gasteiger partial charge in [0.15, 0.2) is 5.96 Å². The van der Waals surface area contributed by atoms with E-state index in [1.165, 1.54) is 12.8 Å². The second-order valence-electron chi connectivity index (χ2n) is 7.48. The zero-order valence-electron chi connectivity index (χ0n) is 16.9. The van der Waals surface area contributed by atoms with Gasteiger partial charge < -0.3 is 19.7 Å². The van der Waals surface area contributed by atoms with Gasteiger partial charge in [-0.15, -0.1) is 0 Å². The molecule has 2 saturated heterocycles. The Labute approximate surface area is 173 Å². The predicted molar refractivity (Wildman–Crippen MR) is 113 cm³/mol. The van der Waals surface area contributed by atoms with Crippen LogP contribution in [-0.2, 0) is 15.9 Å². The summed E-state index contributed by atoms with van der Waals surface area (Å²) in [7, 11) is 0. The van der Waals surface area contributed by atoms with Crippen LogP contribution in [0.5, 0.6) is 0 Å². The van der Waals surface area contributed by atoms with Crippen LogP contribution in [0, 0.1) is 0 Å². The van der Waals surface area contributed by atoms with Gasteiger partial charge in [0.2, 0.25) is 0 Å². The van der Waals surface area contributed by atoms with Crippen LogP contribution in [0.15, 0.2) is 23.3 Å². The number of hydrogen-bond acceptors (Lipinski definition) is 4. The van der Waals surface area contributed by atoms with Crippen molar-refractivity contribution in [3.05, 3.63) is 29.0 Å². The Kier molecular flexibility index (Phi) is 8.83. The average molecular weight is 409 g/mol. The van der Waals surface area contributed by atoms with E-state index < -0.39 is 0 Å². The smallest absolute Gasteiger partial charge is 0.193 e. The summed E-state index contributed by atoms with van der Waals surface area (Å²) in [6.45, 7) is 7.31. The first-order chi connectivity index (χ1) is 13.7. The molecule has 28 heavy (non-hydrogen) atoms. The molecular weight excluding hydrogens is 376 g/mol. The minimum Gasteiger partial charge on any atom is -0.376 e. The van der Waals surface area contributed by atoms with Crippen molar-refractivity contribution < 1.29 is 9.47 Å². The van der Waals surface area contributed by atoms with Crippen LogP contribution >= 0.6 is 11.6 Å². The molecule has 1 aromatic heterocycles. The van der Waals surface area contributed by atoms with Crippen LogP contribution < -0.4 is 5.32 Å². The highest BCUT2D eigenvalue weighted by Crippen LogP contribution is 2.18. The number of rotatable bonds is 7. The minimum absolute atomic E-state index is 0.299. The highest BCUT2D eigenvalue weighted by molar-refractivity contribution is 6.29. The third kappa shape index (κ3) is 6.90. The number of aromatic nitrogens is 1. The molecule has 1 aromatic rings. The molecule has 0 aliphatic carbocycles. The van der Waals surface area contributed by atoms with Crippen molar-refractivity contribution >= 4 is 17.6 Å². The maximum Gasteiger partial charge on any atom is 0.193 e. The molecule has 156 valence electrons. The lowest BCUT2D eigenvalue weighted by molar-refractivity contribution is -0.0721.